The Morgan fingerprint density at radius 3 is 2.56 bits per heavy atom. The van der Waals surface area contributed by atoms with Gasteiger partial charge in [0.1, 0.15) is 5.82 Å². The maximum absolute atomic E-state index is 13.9. The molecule has 1 aromatic rings. The zero-order chi connectivity index (χ0) is 13.8. The number of likely N-dealkylation sites (N-methyl/N-ethyl adjacent to an activating group) is 1. The summed E-state index contributed by atoms with van der Waals surface area (Å²) in [6.07, 6.45) is 1.68. The fourth-order valence-electron chi connectivity index (χ4n) is 2.22. The van der Waals surface area contributed by atoms with E-state index >= 15 is 0 Å². The highest BCUT2D eigenvalue weighted by molar-refractivity contribution is 6.30. The van der Waals surface area contributed by atoms with Gasteiger partial charge in [-0.2, -0.15) is 0 Å². The van der Waals surface area contributed by atoms with Gasteiger partial charge in [0, 0.05) is 6.04 Å². The molecule has 0 spiro atoms. The molecule has 0 fully saturated rings. The third kappa shape index (κ3) is 4.95. The van der Waals surface area contributed by atoms with Gasteiger partial charge in [0.05, 0.1) is 5.02 Å². The molecule has 18 heavy (non-hydrogen) atoms. The molecule has 1 unspecified atom stereocenters. The minimum atomic E-state index is -0.282. The summed E-state index contributed by atoms with van der Waals surface area (Å²) in [7, 11) is 0. The van der Waals surface area contributed by atoms with Gasteiger partial charge in [0.25, 0.3) is 0 Å². The van der Waals surface area contributed by atoms with Crippen LogP contribution in [0.4, 0.5) is 4.39 Å². The van der Waals surface area contributed by atoms with Crippen LogP contribution in [0.25, 0.3) is 0 Å². The number of hydrogen-bond acceptors (Lipinski definition) is 1. The fourth-order valence-corrected chi connectivity index (χ4v) is 2.41. The summed E-state index contributed by atoms with van der Waals surface area (Å²) in [6.45, 7) is 9.57. The first-order valence-electron chi connectivity index (χ1n) is 6.49. The average molecular weight is 272 g/mol. The molecule has 0 heterocycles. The molecule has 0 bridgehead atoms. The zero-order valence-electron chi connectivity index (χ0n) is 11.7. The van der Waals surface area contributed by atoms with E-state index < -0.39 is 0 Å². The van der Waals surface area contributed by atoms with E-state index in [0.717, 1.165) is 13.0 Å². The lowest BCUT2D eigenvalue weighted by molar-refractivity contribution is 0.308. The lowest BCUT2D eigenvalue weighted by Crippen LogP contribution is -2.34. The second-order valence-corrected chi connectivity index (χ2v) is 6.34. The highest BCUT2D eigenvalue weighted by Crippen LogP contribution is 2.25. The van der Waals surface area contributed by atoms with Crippen LogP contribution >= 0.6 is 11.6 Å². The van der Waals surface area contributed by atoms with Gasteiger partial charge in [-0.25, -0.2) is 4.39 Å². The summed E-state index contributed by atoms with van der Waals surface area (Å²) >= 11 is 5.81. The highest BCUT2D eigenvalue weighted by Gasteiger charge is 2.20. The number of halogens is 2. The van der Waals surface area contributed by atoms with Gasteiger partial charge >= 0.3 is 0 Å². The highest BCUT2D eigenvalue weighted by atomic mass is 35.5. The van der Waals surface area contributed by atoms with Gasteiger partial charge in [-0.1, -0.05) is 51.4 Å². The Morgan fingerprint density at radius 2 is 2.00 bits per heavy atom. The Kier molecular flexibility index (Phi) is 5.61. The zero-order valence-corrected chi connectivity index (χ0v) is 12.4. The third-order valence-electron chi connectivity index (χ3n) is 2.85. The van der Waals surface area contributed by atoms with Gasteiger partial charge in [-0.05, 0) is 36.4 Å². The number of hydrogen-bond donors (Lipinski definition) is 1. The van der Waals surface area contributed by atoms with Crippen LogP contribution in [0.5, 0.6) is 0 Å². The van der Waals surface area contributed by atoms with E-state index in [0.29, 0.717) is 12.0 Å². The smallest absolute Gasteiger partial charge is 0.145 e. The van der Waals surface area contributed by atoms with Crippen molar-refractivity contribution in [3.8, 4) is 0 Å². The molecular formula is C15H23ClFN. The number of rotatable bonds is 5. The molecular weight excluding hydrogens is 249 g/mol. The monoisotopic (exact) mass is 271 g/mol. The molecule has 3 heteroatoms. The Bertz CT molecular complexity index is 385. The summed E-state index contributed by atoms with van der Waals surface area (Å²) in [4.78, 5) is 0. The predicted octanol–water partition coefficient (Wildman–Crippen LogP) is 4.44. The first-order chi connectivity index (χ1) is 8.33. The molecule has 0 amide bonds. The van der Waals surface area contributed by atoms with E-state index in [-0.39, 0.29) is 22.3 Å². The summed E-state index contributed by atoms with van der Waals surface area (Å²) < 4.78 is 13.9. The third-order valence-corrected chi connectivity index (χ3v) is 3.14. The van der Waals surface area contributed by atoms with Crippen LogP contribution in [0.1, 0.15) is 39.7 Å². The normalized spacial score (nSPS) is 13.7. The van der Waals surface area contributed by atoms with E-state index in [9.17, 15) is 4.39 Å². The summed E-state index contributed by atoms with van der Waals surface area (Å²) in [5.74, 6) is -0.282. The molecule has 102 valence electrons. The molecule has 0 aliphatic heterocycles. The summed E-state index contributed by atoms with van der Waals surface area (Å²) in [5, 5.41) is 3.63. The standard InChI is InChI=1S/C15H23ClFN/c1-5-18-12(10-15(2,3)4)9-11-7-6-8-13(16)14(11)17/h6-8,12,18H,5,9-10H2,1-4H3. The Hall–Kier alpha value is -0.600. The van der Waals surface area contributed by atoms with Crippen LogP contribution in [0.3, 0.4) is 0 Å². The Labute approximate surface area is 115 Å². The van der Waals surface area contributed by atoms with Gasteiger partial charge < -0.3 is 5.32 Å². The maximum atomic E-state index is 13.9. The first-order valence-corrected chi connectivity index (χ1v) is 6.87. The van der Waals surface area contributed by atoms with E-state index in [4.69, 9.17) is 11.6 Å². The van der Waals surface area contributed by atoms with Gasteiger partial charge in [-0.3, -0.25) is 0 Å². The van der Waals surface area contributed by atoms with E-state index in [1.165, 1.54) is 0 Å². The van der Waals surface area contributed by atoms with Crippen LogP contribution < -0.4 is 5.32 Å². The Balaban J connectivity index is 2.80. The molecule has 1 nitrogen and oxygen atoms in total. The van der Waals surface area contributed by atoms with Crippen molar-refractivity contribution in [2.45, 2.75) is 46.6 Å². The molecule has 0 aliphatic rings. The number of benzene rings is 1. The summed E-state index contributed by atoms with van der Waals surface area (Å²) in [5.41, 5.74) is 0.916. The van der Waals surface area contributed by atoms with Crippen LogP contribution in [0.15, 0.2) is 18.2 Å². The molecule has 0 radical (unpaired) electrons. The molecule has 0 aromatic heterocycles. The second-order valence-electron chi connectivity index (χ2n) is 5.94. The molecule has 0 aliphatic carbocycles. The van der Waals surface area contributed by atoms with Crippen LogP contribution in [-0.2, 0) is 6.42 Å². The van der Waals surface area contributed by atoms with Crippen LogP contribution in [-0.4, -0.2) is 12.6 Å². The number of nitrogens with one attached hydrogen (secondary N) is 1. The fraction of sp³-hybridized carbons (Fsp3) is 0.600. The van der Waals surface area contributed by atoms with E-state index in [2.05, 4.69) is 33.0 Å². The Morgan fingerprint density at radius 1 is 1.33 bits per heavy atom. The first kappa shape index (κ1) is 15.5. The van der Waals surface area contributed by atoms with Crippen molar-refractivity contribution in [2.75, 3.05) is 6.54 Å². The predicted molar refractivity (Wildman–Crippen MR) is 76.7 cm³/mol. The van der Waals surface area contributed by atoms with Crippen molar-refractivity contribution in [1.82, 2.24) is 5.32 Å². The maximum Gasteiger partial charge on any atom is 0.145 e. The summed E-state index contributed by atoms with van der Waals surface area (Å²) in [6, 6.07) is 5.49. The minimum absolute atomic E-state index is 0.207. The molecule has 1 aromatic carbocycles. The van der Waals surface area contributed by atoms with E-state index in [1.54, 1.807) is 12.1 Å². The minimum Gasteiger partial charge on any atom is -0.314 e. The van der Waals surface area contributed by atoms with E-state index in [1.807, 2.05) is 6.07 Å². The molecule has 1 rings (SSSR count). The van der Waals surface area contributed by atoms with Gasteiger partial charge in [0.15, 0.2) is 0 Å². The topological polar surface area (TPSA) is 12.0 Å². The lowest BCUT2D eigenvalue weighted by Gasteiger charge is -2.27. The molecule has 0 saturated heterocycles. The van der Waals surface area contributed by atoms with Crippen molar-refractivity contribution in [3.63, 3.8) is 0 Å². The van der Waals surface area contributed by atoms with Crippen LogP contribution in [0.2, 0.25) is 5.02 Å². The average Bonchev–Trinajstić information content (AvgIpc) is 2.23. The van der Waals surface area contributed by atoms with Crippen molar-refractivity contribution in [1.29, 1.82) is 0 Å². The van der Waals surface area contributed by atoms with Crippen molar-refractivity contribution < 1.29 is 4.39 Å². The quantitative estimate of drug-likeness (QED) is 0.835. The largest absolute Gasteiger partial charge is 0.314 e. The SMILES string of the molecule is CCNC(Cc1cccc(Cl)c1F)CC(C)(C)C. The lowest BCUT2D eigenvalue weighted by atomic mass is 9.86. The second kappa shape index (κ2) is 6.53. The molecule has 1 atom stereocenters. The van der Waals surface area contributed by atoms with Gasteiger partial charge in [0.2, 0.25) is 0 Å². The molecule has 0 saturated carbocycles. The van der Waals surface area contributed by atoms with Crippen molar-refractivity contribution in [2.24, 2.45) is 5.41 Å². The van der Waals surface area contributed by atoms with Crippen molar-refractivity contribution >= 4 is 11.6 Å². The van der Waals surface area contributed by atoms with Crippen molar-refractivity contribution in [3.05, 3.63) is 34.6 Å². The molecule has 1 N–H and O–H groups in total. The van der Waals surface area contributed by atoms with Gasteiger partial charge in [-0.15, -0.1) is 0 Å². The van der Waals surface area contributed by atoms with Crippen LogP contribution in [0, 0.1) is 11.2 Å².